The molecule has 0 spiro atoms. The lowest BCUT2D eigenvalue weighted by atomic mass is 10.2. The number of nitro benzene ring substituents is 2. The van der Waals surface area contributed by atoms with Crippen LogP contribution in [0.25, 0.3) is 6.08 Å². The Morgan fingerprint density at radius 1 is 0.970 bits per heavy atom. The van der Waals surface area contributed by atoms with Gasteiger partial charge in [0.15, 0.2) is 5.70 Å². The van der Waals surface area contributed by atoms with E-state index in [1.807, 2.05) is 0 Å². The summed E-state index contributed by atoms with van der Waals surface area (Å²) in [7, 11) is 0. The van der Waals surface area contributed by atoms with E-state index in [1.165, 1.54) is 36.4 Å². The van der Waals surface area contributed by atoms with Crippen LogP contribution in [0.2, 0.25) is 0 Å². The van der Waals surface area contributed by atoms with Crippen LogP contribution < -0.4 is 4.74 Å². The summed E-state index contributed by atoms with van der Waals surface area (Å²) in [6.07, 6.45) is 1.41. The highest BCUT2D eigenvalue weighted by Gasteiger charge is 2.25. The number of non-ortho nitro benzene ring substituents is 1. The van der Waals surface area contributed by atoms with Crippen LogP contribution in [0.4, 0.5) is 15.8 Å². The van der Waals surface area contributed by atoms with Gasteiger partial charge in [-0.25, -0.2) is 14.2 Å². The van der Waals surface area contributed by atoms with Crippen molar-refractivity contribution in [3.8, 4) is 11.5 Å². The molecule has 0 saturated carbocycles. The lowest BCUT2D eigenvalue weighted by Gasteiger charge is -2.07. The Morgan fingerprint density at radius 2 is 1.76 bits per heavy atom. The summed E-state index contributed by atoms with van der Waals surface area (Å²) >= 11 is 0. The molecule has 10 nitrogen and oxygen atoms in total. The molecule has 1 aliphatic heterocycles. The Bertz CT molecular complexity index is 1370. The fourth-order valence-electron chi connectivity index (χ4n) is 2.96. The number of hydrogen-bond acceptors (Lipinski definition) is 8. The summed E-state index contributed by atoms with van der Waals surface area (Å²) in [6.45, 7) is 0. The minimum absolute atomic E-state index is 0.0345. The number of carbonyl (C=O) groups excluding carboxylic acids is 1. The van der Waals surface area contributed by atoms with Crippen molar-refractivity contribution in [2.75, 3.05) is 0 Å². The van der Waals surface area contributed by atoms with E-state index < -0.39 is 33.0 Å². The van der Waals surface area contributed by atoms with E-state index in [1.54, 1.807) is 18.2 Å². The molecular weight excluding hydrogens is 437 g/mol. The highest BCUT2D eigenvalue weighted by atomic mass is 19.1. The highest BCUT2D eigenvalue weighted by molar-refractivity contribution is 6.12. The first-order valence-corrected chi connectivity index (χ1v) is 9.29. The van der Waals surface area contributed by atoms with Gasteiger partial charge < -0.3 is 9.47 Å². The molecule has 0 fully saturated rings. The minimum Gasteiger partial charge on any atom is -0.450 e. The van der Waals surface area contributed by atoms with Crippen molar-refractivity contribution >= 4 is 29.3 Å². The van der Waals surface area contributed by atoms with Gasteiger partial charge in [-0.05, 0) is 48.0 Å². The molecule has 164 valence electrons. The number of nitro groups is 2. The molecule has 0 aliphatic carbocycles. The van der Waals surface area contributed by atoms with Crippen molar-refractivity contribution in [3.05, 3.63) is 110 Å². The van der Waals surface area contributed by atoms with Crippen molar-refractivity contribution in [2.24, 2.45) is 4.99 Å². The van der Waals surface area contributed by atoms with Gasteiger partial charge in [-0.1, -0.05) is 18.2 Å². The zero-order valence-electron chi connectivity index (χ0n) is 16.5. The number of hydrogen-bond donors (Lipinski definition) is 0. The van der Waals surface area contributed by atoms with E-state index in [0.29, 0.717) is 11.1 Å². The molecule has 0 aromatic heterocycles. The van der Waals surface area contributed by atoms with Gasteiger partial charge in [0.25, 0.3) is 5.69 Å². The summed E-state index contributed by atoms with van der Waals surface area (Å²) < 4.78 is 24.1. The maximum atomic E-state index is 13.4. The molecule has 0 atom stereocenters. The largest absolute Gasteiger partial charge is 0.450 e. The molecule has 0 saturated heterocycles. The lowest BCUT2D eigenvalue weighted by molar-refractivity contribution is -0.394. The maximum absolute atomic E-state index is 13.4. The number of cyclic esters (lactones) is 1. The van der Waals surface area contributed by atoms with Crippen molar-refractivity contribution in [1.82, 2.24) is 0 Å². The van der Waals surface area contributed by atoms with Crippen LogP contribution in [0, 0.1) is 26.0 Å². The number of halogens is 1. The molecular formula is C22H12FN3O7. The predicted molar refractivity (Wildman–Crippen MR) is 113 cm³/mol. The van der Waals surface area contributed by atoms with Gasteiger partial charge in [-0.3, -0.25) is 20.2 Å². The third-order valence-electron chi connectivity index (χ3n) is 4.43. The van der Waals surface area contributed by atoms with Gasteiger partial charge >= 0.3 is 11.7 Å². The third-order valence-corrected chi connectivity index (χ3v) is 4.43. The summed E-state index contributed by atoms with van der Waals surface area (Å²) in [4.78, 5) is 36.9. The number of nitrogens with zero attached hydrogens (tertiary/aromatic N) is 3. The molecule has 3 aromatic rings. The van der Waals surface area contributed by atoms with Gasteiger partial charge in [-0.15, -0.1) is 0 Å². The number of rotatable bonds is 6. The van der Waals surface area contributed by atoms with Gasteiger partial charge in [-0.2, -0.15) is 0 Å². The first-order chi connectivity index (χ1) is 15.8. The molecule has 11 heteroatoms. The number of ether oxygens (including phenoxy) is 2. The standard InChI is InChI=1S/C22H12FN3O7/c23-15-5-2-4-14(11-15)21-24-18(22(27)33-21)10-13-3-1-6-17(9-13)32-20-8-7-16(25(28)29)12-19(20)26(30)31/h1-12H/b18-10-. The van der Waals surface area contributed by atoms with Crippen LogP contribution in [-0.2, 0) is 9.53 Å². The number of carbonyl (C=O) groups is 1. The third kappa shape index (κ3) is 4.71. The van der Waals surface area contributed by atoms with Crippen LogP contribution in [0.5, 0.6) is 11.5 Å². The smallest absolute Gasteiger partial charge is 0.363 e. The average molecular weight is 449 g/mol. The number of benzene rings is 3. The molecule has 0 N–H and O–H groups in total. The summed E-state index contributed by atoms with van der Waals surface area (Å²) in [5.74, 6) is -1.29. The van der Waals surface area contributed by atoms with Crippen LogP contribution in [0.1, 0.15) is 11.1 Å². The predicted octanol–water partition coefficient (Wildman–Crippen LogP) is 4.78. The molecule has 4 rings (SSSR count). The lowest BCUT2D eigenvalue weighted by Crippen LogP contribution is -2.05. The fraction of sp³-hybridized carbons (Fsp3) is 0. The van der Waals surface area contributed by atoms with Crippen LogP contribution in [0.3, 0.4) is 0 Å². The average Bonchev–Trinajstić information content (AvgIpc) is 3.14. The number of aliphatic imine (C=N–C) groups is 1. The minimum atomic E-state index is -0.786. The van der Waals surface area contributed by atoms with E-state index in [9.17, 15) is 29.4 Å². The molecule has 3 aromatic carbocycles. The topological polar surface area (TPSA) is 134 Å². The second-order valence-corrected chi connectivity index (χ2v) is 6.69. The SMILES string of the molecule is O=C1OC(c2cccc(F)c2)=N/C1=C\c1cccc(Oc2ccc([N+](=O)[O-])cc2[N+](=O)[O-])c1. The number of esters is 1. The zero-order chi connectivity index (χ0) is 23.5. The molecule has 33 heavy (non-hydrogen) atoms. The Labute approximate surface area is 184 Å². The first kappa shape index (κ1) is 21.3. The monoisotopic (exact) mass is 449 g/mol. The highest BCUT2D eigenvalue weighted by Crippen LogP contribution is 2.34. The molecule has 0 amide bonds. The normalized spacial score (nSPS) is 14.0. The van der Waals surface area contributed by atoms with Gasteiger partial charge in [0.2, 0.25) is 11.6 Å². The first-order valence-electron chi connectivity index (χ1n) is 9.29. The van der Waals surface area contributed by atoms with Crippen LogP contribution >= 0.6 is 0 Å². The van der Waals surface area contributed by atoms with Crippen LogP contribution in [-0.4, -0.2) is 21.7 Å². The van der Waals surface area contributed by atoms with Crippen LogP contribution in [0.15, 0.2) is 77.4 Å². The van der Waals surface area contributed by atoms with E-state index in [0.717, 1.165) is 18.2 Å². The molecule has 0 bridgehead atoms. The van der Waals surface area contributed by atoms with E-state index in [-0.39, 0.29) is 23.1 Å². The van der Waals surface area contributed by atoms with Gasteiger partial charge in [0.05, 0.1) is 15.9 Å². The quantitative estimate of drug-likeness (QED) is 0.229. The Kier molecular flexibility index (Phi) is 5.60. The second kappa shape index (κ2) is 8.67. The van der Waals surface area contributed by atoms with Gasteiger partial charge in [0, 0.05) is 11.6 Å². The van der Waals surface area contributed by atoms with Crippen molar-refractivity contribution in [3.63, 3.8) is 0 Å². The molecule has 1 aliphatic rings. The zero-order valence-corrected chi connectivity index (χ0v) is 16.5. The van der Waals surface area contributed by atoms with Crippen molar-refractivity contribution in [1.29, 1.82) is 0 Å². The second-order valence-electron chi connectivity index (χ2n) is 6.69. The summed E-state index contributed by atoms with van der Waals surface area (Å²) in [5.41, 5.74) is -0.286. The summed E-state index contributed by atoms with van der Waals surface area (Å²) in [5, 5.41) is 22.2. The molecule has 1 heterocycles. The van der Waals surface area contributed by atoms with Crippen molar-refractivity contribution < 1.29 is 28.5 Å². The Morgan fingerprint density at radius 3 is 2.48 bits per heavy atom. The van der Waals surface area contributed by atoms with E-state index in [2.05, 4.69) is 4.99 Å². The van der Waals surface area contributed by atoms with E-state index in [4.69, 9.17) is 9.47 Å². The Hall–Kier alpha value is -4.93. The Balaban J connectivity index is 1.61. The molecule has 0 radical (unpaired) electrons. The fourth-order valence-corrected chi connectivity index (χ4v) is 2.96. The van der Waals surface area contributed by atoms with Gasteiger partial charge in [0.1, 0.15) is 11.6 Å². The van der Waals surface area contributed by atoms with Crippen molar-refractivity contribution in [2.45, 2.75) is 0 Å². The van der Waals surface area contributed by atoms with E-state index >= 15 is 0 Å². The maximum Gasteiger partial charge on any atom is 0.363 e. The molecule has 0 unspecified atom stereocenters. The summed E-state index contributed by atoms with van der Waals surface area (Å²) in [6, 6.07) is 14.7.